The van der Waals surface area contributed by atoms with Gasteiger partial charge in [-0.2, -0.15) is 0 Å². The number of hydrogen-bond acceptors (Lipinski definition) is 2. The summed E-state index contributed by atoms with van der Waals surface area (Å²) in [6.07, 6.45) is 8.48. The van der Waals surface area contributed by atoms with Crippen LogP contribution in [0.15, 0.2) is 179 Å². The summed E-state index contributed by atoms with van der Waals surface area (Å²) in [7, 11) is 0. The third-order valence-corrected chi connectivity index (χ3v) is 10.3. The molecular weight excluding hydrogens is 615 g/mol. The van der Waals surface area contributed by atoms with E-state index in [4.69, 9.17) is 15.7 Å². The van der Waals surface area contributed by atoms with Crippen molar-refractivity contribution in [1.29, 1.82) is 0 Å². The number of hydrogen-bond donors (Lipinski definition) is 1. The highest BCUT2D eigenvalue weighted by molar-refractivity contribution is 7.26. The Labute approximate surface area is 291 Å². The Morgan fingerprint density at radius 3 is 2.00 bits per heavy atom. The lowest BCUT2D eigenvalue weighted by Gasteiger charge is -2.10. The molecule has 7 aromatic rings. The average Bonchev–Trinajstić information content (AvgIpc) is 3.57. The molecule has 49 heavy (non-hydrogen) atoms. The Hall–Kier alpha value is -5.84. The first-order chi connectivity index (χ1) is 24.2. The normalized spacial score (nSPS) is 13.6. The van der Waals surface area contributed by atoms with Crippen LogP contribution in [0.5, 0.6) is 0 Å². The van der Waals surface area contributed by atoms with Crippen LogP contribution in [0.2, 0.25) is 0 Å². The van der Waals surface area contributed by atoms with Crippen LogP contribution in [-0.4, -0.2) is 11.7 Å². The molecule has 0 saturated heterocycles. The Morgan fingerprint density at radius 2 is 1.27 bits per heavy atom. The van der Waals surface area contributed by atoms with Gasteiger partial charge in [-0.05, 0) is 57.9 Å². The maximum Gasteiger partial charge on any atom is 0.156 e. The van der Waals surface area contributed by atoms with E-state index in [9.17, 15) is 0 Å². The van der Waals surface area contributed by atoms with Crippen molar-refractivity contribution >= 4 is 43.2 Å². The second-order valence-corrected chi connectivity index (χ2v) is 13.3. The van der Waals surface area contributed by atoms with Crippen LogP contribution in [0.25, 0.3) is 53.6 Å². The Kier molecular flexibility index (Phi) is 8.54. The molecule has 0 atom stereocenters. The minimum atomic E-state index is 0.456. The van der Waals surface area contributed by atoms with Crippen molar-refractivity contribution in [3.63, 3.8) is 0 Å². The maximum absolute atomic E-state index is 6.68. The fourth-order valence-electron chi connectivity index (χ4n) is 6.50. The predicted octanol–water partition coefficient (Wildman–Crippen LogP) is 11.6. The van der Waals surface area contributed by atoms with Gasteiger partial charge in [-0.25, -0.2) is 4.99 Å². The van der Waals surface area contributed by atoms with Gasteiger partial charge >= 0.3 is 0 Å². The molecule has 1 heterocycles. The highest BCUT2D eigenvalue weighted by atomic mass is 32.1. The van der Waals surface area contributed by atoms with Gasteiger partial charge in [0.2, 0.25) is 0 Å². The number of fused-ring (bicyclic) bond motifs is 3. The number of nitrogens with zero attached hydrogens (tertiary/aromatic N) is 2. The molecule has 0 amide bonds. The van der Waals surface area contributed by atoms with Gasteiger partial charge in [0.25, 0.3) is 0 Å². The minimum absolute atomic E-state index is 0.456. The van der Waals surface area contributed by atoms with Gasteiger partial charge in [-0.15, -0.1) is 11.3 Å². The Bertz CT molecular complexity index is 2380. The second-order valence-electron chi connectivity index (χ2n) is 12.2. The molecule has 4 heteroatoms. The largest absolute Gasteiger partial charge is 0.383 e. The van der Waals surface area contributed by atoms with Crippen molar-refractivity contribution < 1.29 is 0 Å². The first-order valence-electron chi connectivity index (χ1n) is 16.7. The highest BCUT2D eigenvalue weighted by Gasteiger charge is 2.15. The predicted molar refractivity (Wildman–Crippen MR) is 210 cm³/mol. The molecule has 2 N–H and O–H groups in total. The third-order valence-electron chi connectivity index (χ3n) is 9.05. The summed E-state index contributed by atoms with van der Waals surface area (Å²) in [5.74, 6) is 1.12. The summed E-state index contributed by atoms with van der Waals surface area (Å²) in [6, 6.07) is 51.3. The van der Waals surface area contributed by atoms with Crippen molar-refractivity contribution in [2.45, 2.75) is 19.4 Å². The molecular formula is C45H35N3S. The fourth-order valence-corrected chi connectivity index (χ4v) is 7.77. The van der Waals surface area contributed by atoms with Crippen LogP contribution in [0.3, 0.4) is 0 Å². The van der Waals surface area contributed by atoms with Crippen molar-refractivity contribution in [1.82, 2.24) is 0 Å². The van der Waals surface area contributed by atoms with Crippen LogP contribution >= 0.6 is 11.3 Å². The van der Waals surface area contributed by atoms with E-state index in [1.165, 1.54) is 48.0 Å². The SMILES string of the molecule is N/C(=N\C(=N/Cc1ccc(-c2ccccc2)cc1)C1=CCCC=C1)c1ccc(-c2cccc3c2sc2cccc(-c4ccccc4)c23)cc1. The first-order valence-corrected chi connectivity index (χ1v) is 17.5. The van der Waals surface area contributed by atoms with Crippen LogP contribution < -0.4 is 5.73 Å². The lowest BCUT2D eigenvalue weighted by Crippen LogP contribution is -2.17. The molecule has 0 spiro atoms. The molecule has 236 valence electrons. The number of thiophene rings is 1. The molecule has 0 unspecified atom stereocenters. The molecule has 1 aliphatic carbocycles. The van der Waals surface area contributed by atoms with Gasteiger partial charge in [0.1, 0.15) is 5.84 Å². The van der Waals surface area contributed by atoms with Crippen LogP contribution in [-0.2, 0) is 6.54 Å². The van der Waals surface area contributed by atoms with Crippen molar-refractivity contribution in [2.75, 3.05) is 0 Å². The van der Waals surface area contributed by atoms with Gasteiger partial charge < -0.3 is 5.73 Å². The zero-order chi connectivity index (χ0) is 33.0. The maximum atomic E-state index is 6.68. The summed E-state index contributed by atoms with van der Waals surface area (Å²) in [6.45, 7) is 0.524. The zero-order valence-electron chi connectivity index (χ0n) is 27.1. The monoisotopic (exact) mass is 649 g/mol. The summed E-state index contributed by atoms with van der Waals surface area (Å²) in [5.41, 5.74) is 17.0. The number of rotatable bonds is 7. The number of nitrogens with two attached hydrogens (primary N) is 1. The van der Waals surface area contributed by atoms with E-state index < -0.39 is 0 Å². The van der Waals surface area contributed by atoms with Crippen LogP contribution in [0.4, 0.5) is 0 Å². The van der Waals surface area contributed by atoms with Gasteiger partial charge in [0, 0.05) is 31.3 Å². The van der Waals surface area contributed by atoms with Gasteiger partial charge in [0.15, 0.2) is 5.84 Å². The molecule has 0 saturated carbocycles. The van der Waals surface area contributed by atoms with Crippen molar-refractivity contribution in [2.24, 2.45) is 15.7 Å². The standard InChI is InChI=1S/C45H35N3S/c46-44(48-45(37-16-8-3-9-17-37)47-30-31-22-24-33(25-23-31)32-12-4-1-5-13-32)36-28-26-35(27-29-36)39-19-10-20-40-42-38(34-14-6-2-7-15-34)18-11-21-41(42)49-43(39)40/h1-2,4-8,10-29H,3,9,30H2,(H2,46,47,48). The van der Waals surface area contributed by atoms with Crippen molar-refractivity contribution in [3.05, 3.63) is 181 Å². The molecule has 0 aliphatic heterocycles. The minimum Gasteiger partial charge on any atom is -0.383 e. The first kappa shape index (κ1) is 30.5. The second kappa shape index (κ2) is 13.7. The Morgan fingerprint density at radius 1 is 0.612 bits per heavy atom. The lowest BCUT2D eigenvalue weighted by atomic mass is 9.97. The average molecular weight is 650 g/mol. The number of benzene rings is 6. The van der Waals surface area contributed by atoms with Gasteiger partial charge in [0.05, 0.1) is 6.54 Å². The number of allylic oxidation sites excluding steroid dienone is 2. The van der Waals surface area contributed by atoms with E-state index in [-0.39, 0.29) is 0 Å². The molecule has 0 radical (unpaired) electrons. The molecule has 0 bridgehead atoms. The topological polar surface area (TPSA) is 50.7 Å². The summed E-state index contributed by atoms with van der Waals surface area (Å²) < 4.78 is 2.58. The molecule has 1 aliphatic rings. The van der Waals surface area contributed by atoms with E-state index in [0.29, 0.717) is 18.2 Å². The third kappa shape index (κ3) is 6.39. The lowest BCUT2D eigenvalue weighted by molar-refractivity contribution is 1.02. The Balaban J connectivity index is 1.08. The fraction of sp³-hybridized carbons (Fsp3) is 0.0667. The van der Waals surface area contributed by atoms with Crippen molar-refractivity contribution in [3.8, 4) is 33.4 Å². The highest BCUT2D eigenvalue weighted by Crippen LogP contribution is 2.43. The van der Waals surface area contributed by atoms with Gasteiger partial charge in [-0.1, -0.05) is 158 Å². The molecule has 6 aromatic carbocycles. The van der Waals surface area contributed by atoms with Crippen LogP contribution in [0, 0.1) is 0 Å². The van der Waals surface area contributed by atoms with E-state index >= 15 is 0 Å². The summed E-state index contributed by atoms with van der Waals surface area (Å²) in [5, 5.41) is 2.60. The van der Waals surface area contributed by atoms with E-state index in [2.05, 4.69) is 158 Å². The summed E-state index contributed by atoms with van der Waals surface area (Å²) >= 11 is 1.85. The molecule has 0 fully saturated rings. The van der Waals surface area contributed by atoms with Crippen LogP contribution in [0.1, 0.15) is 24.0 Å². The quantitative estimate of drug-likeness (QED) is 0.136. The van der Waals surface area contributed by atoms with Gasteiger partial charge in [-0.3, -0.25) is 4.99 Å². The molecule has 1 aromatic heterocycles. The van der Waals surface area contributed by atoms with E-state index in [1.807, 2.05) is 17.4 Å². The molecule has 3 nitrogen and oxygen atoms in total. The zero-order valence-corrected chi connectivity index (χ0v) is 27.9. The van der Waals surface area contributed by atoms with E-state index in [0.717, 1.165) is 35.1 Å². The number of aliphatic imine (C=N–C) groups is 2. The number of amidine groups is 2. The van der Waals surface area contributed by atoms with E-state index in [1.54, 1.807) is 0 Å². The molecule has 8 rings (SSSR count). The smallest absolute Gasteiger partial charge is 0.156 e. The summed E-state index contributed by atoms with van der Waals surface area (Å²) in [4.78, 5) is 9.86.